The van der Waals surface area contributed by atoms with E-state index in [-0.39, 0.29) is 25.0 Å². The van der Waals surface area contributed by atoms with E-state index in [0.29, 0.717) is 12.8 Å². The number of fused-ring (bicyclic) bond motifs is 3. The standard InChI is InChI=1S/C26H28N2O6/c29-23(30)22(16-10-11-16)34-28-24(31)26(12-5-13-26)15-27-25(32)33-14-21-19-8-3-1-6-17(19)18-7-2-4-9-20(18)21/h1-4,6-9,16,21-22H,5,10-15H2,(H,27,32)(H,28,31)(H,29,30). The van der Waals surface area contributed by atoms with Gasteiger partial charge in [0, 0.05) is 12.5 Å². The van der Waals surface area contributed by atoms with E-state index >= 15 is 0 Å². The molecule has 34 heavy (non-hydrogen) atoms. The fraction of sp³-hybridized carbons (Fsp3) is 0.423. The molecule has 8 nitrogen and oxygen atoms in total. The van der Waals surface area contributed by atoms with Crippen molar-refractivity contribution in [2.75, 3.05) is 13.2 Å². The number of hydroxylamine groups is 1. The number of carboxylic acid groups (broad SMARTS) is 1. The number of amides is 2. The molecule has 3 N–H and O–H groups in total. The highest BCUT2D eigenvalue weighted by atomic mass is 16.7. The van der Waals surface area contributed by atoms with Crippen molar-refractivity contribution in [1.82, 2.24) is 10.8 Å². The molecule has 0 heterocycles. The van der Waals surface area contributed by atoms with Crippen molar-refractivity contribution in [2.45, 2.75) is 44.1 Å². The highest BCUT2D eigenvalue weighted by Gasteiger charge is 2.46. The molecular formula is C26H28N2O6. The lowest BCUT2D eigenvalue weighted by atomic mass is 9.68. The second-order valence-electron chi connectivity index (χ2n) is 9.46. The highest BCUT2D eigenvalue weighted by Crippen LogP contribution is 2.44. The number of hydrogen-bond donors (Lipinski definition) is 3. The summed E-state index contributed by atoms with van der Waals surface area (Å²) in [6.45, 7) is 0.309. The second kappa shape index (κ2) is 9.10. The molecule has 0 aromatic heterocycles. The molecule has 3 aliphatic rings. The van der Waals surface area contributed by atoms with Crippen LogP contribution in [-0.2, 0) is 19.2 Å². The number of benzene rings is 2. The lowest BCUT2D eigenvalue weighted by Crippen LogP contribution is -2.53. The molecule has 2 fully saturated rings. The van der Waals surface area contributed by atoms with E-state index in [1.54, 1.807) is 0 Å². The van der Waals surface area contributed by atoms with Gasteiger partial charge in [-0.3, -0.25) is 9.63 Å². The predicted molar refractivity (Wildman–Crippen MR) is 123 cm³/mol. The van der Waals surface area contributed by atoms with Crippen molar-refractivity contribution in [3.8, 4) is 11.1 Å². The van der Waals surface area contributed by atoms with Crippen LogP contribution >= 0.6 is 0 Å². The van der Waals surface area contributed by atoms with E-state index in [0.717, 1.165) is 41.5 Å². The summed E-state index contributed by atoms with van der Waals surface area (Å²) in [7, 11) is 0. The van der Waals surface area contributed by atoms with Crippen LogP contribution in [0, 0.1) is 11.3 Å². The van der Waals surface area contributed by atoms with Gasteiger partial charge in [-0.1, -0.05) is 55.0 Å². The Hall–Kier alpha value is -3.39. The summed E-state index contributed by atoms with van der Waals surface area (Å²) in [6, 6.07) is 16.2. The summed E-state index contributed by atoms with van der Waals surface area (Å²) in [6.07, 6.45) is 1.98. The zero-order valence-corrected chi connectivity index (χ0v) is 18.8. The number of carbonyl (C=O) groups excluding carboxylic acids is 2. The van der Waals surface area contributed by atoms with E-state index in [1.165, 1.54) is 0 Å². The van der Waals surface area contributed by atoms with E-state index in [4.69, 9.17) is 9.57 Å². The van der Waals surface area contributed by atoms with Crippen molar-refractivity contribution in [3.05, 3.63) is 59.7 Å². The monoisotopic (exact) mass is 464 g/mol. The first-order valence-electron chi connectivity index (χ1n) is 11.8. The second-order valence-corrected chi connectivity index (χ2v) is 9.46. The molecule has 2 aromatic carbocycles. The van der Waals surface area contributed by atoms with Crippen molar-refractivity contribution in [2.24, 2.45) is 11.3 Å². The van der Waals surface area contributed by atoms with E-state index < -0.39 is 29.5 Å². The minimum atomic E-state index is -1.08. The Balaban J connectivity index is 1.15. The van der Waals surface area contributed by atoms with Crippen LogP contribution in [0.15, 0.2) is 48.5 Å². The molecule has 2 saturated carbocycles. The van der Waals surface area contributed by atoms with Crippen LogP contribution in [0.2, 0.25) is 0 Å². The van der Waals surface area contributed by atoms with Gasteiger partial charge in [0.15, 0.2) is 6.10 Å². The molecule has 3 aliphatic carbocycles. The normalized spacial score (nSPS) is 18.7. The van der Waals surface area contributed by atoms with Crippen LogP contribution in [-0.4, -0.2) is 42.3 Å². The first kappa shape index (κ1) is 22.4. The van der Waals surface area contributed by atoms with Crippen molar-refractivity contribution >= 4 is 18.0 Å². The maximum Gasteiger partial charge on any atom is 0.407 e. The molecule has 1 unspecified atom stereocenters. The number of rotatable bonds is 9. The maximum absolute atomic E-state index is 12.8. The third kappa shape index (κ3) is 4.25. The van der Waals surface area contributed by atoms with Gasteiger partial charge in [0.25, 0.3) is 5.91 Å². The lowest BCUT2D eigenvalue weighted by molar-refractivity contribution is -0.168. The molecule has 8 heteroatoms. The SMILES string of the molecule is O=C(NCC1(C(=O)NOC(C(=O)O)C2CC2)CCC1)OCC1c2ccccc2-c2ccccc21. The minimum Gasteiger partial charge on any atom is -0.479 e. The number of aliphatic carboxylic acids is 1. The number of carboxylic acids is 1. The molecule has 0 radical (unpaired) electrons. The van der Waals surface area contributed by atoms with E-state index in [2.05, 4.69) is 35.1 Å². The van der Waals surface area contributed by atoms with Gasteiger partial charge in [-0.15, -0.1) is 0 Å². The summed E-state index contributed by atoms with van der Waals surface area (Å²) in [5.41, 5.74) is 6.11. The molecular weight excluding hydrogens is 436 g/mol. The average molecular weight is 465 g/mol. The molecule has 2 aromatic rings. The first-order valence-corrected chi connectivity index (χ1v) is 11.8. The third-order valence-corrected chi connectivity index (χ3v) is 7.28. The molecule has 1 atom stereocenters. The third-order valence-electron chi connectivity index (χ3n) is 7.28. The van der Waals surface area contributed by atoms with Crippen molar-refractivity contribution < 1.29 is 29.1 Å². The Bertz CT molecular complexity index is 1060. The summed E-state index contributed by atoms with van der Waals surface area (Å²) in [5, 5.41) is 12.0. The molecule has 178 valence electrons. The van der Waals surface area contributed by atoms with Crippen LogP contribution < -0.4 is 10.8 Å². The maximum atomic E-state index is 12.8. The van der Waals surface area contributed by atoms with E-state index in [1.807, 2.05) is 24.3 Å². The summed E-state index contributed by atoms with van der Waals surface area (Å²) in [4.78, 5) is 41.8. The number of nitrogens with one attached hydrogen (secondary N) is 2. The predicted octanol–water partition coefficient (Wildman–Crippen LogP) is 3.61. The fourth-order valence-corrected chi connectivity index (χ4v) is 4.95. The van der Waals surface area contributed by atoms with Crippen molar-refractivity contribution in [1.29, 1.82) is 0 Å². The summed E-state index contributed by atoms with van der Waals surface area (Å²) in [5.74, 6) is -1.58. The van der Waals surface area contributed by atoms with Gasteiger partial charge < -0.3 is 15.2 Å². The Labute approximate surface area is 197 Å². The molecule has 0 bridgehead atoms. The number of hydrogen-bond acceptors (Lipinski definition) is 5. The molecule has 0 spiro atoms. The zero-order valence-electron chi connectivity index (χ0n) is 18.8. The Morgan fingerprint density at radius 3 is 2.15 bits per heavy atom. The van der Waals surface area contributed by atoms with Crippen molar-refractivity contribution in [3.63, 3.8) is 0 Å². The highest BCUT2D eigenvalue weighted by molar-refractivity contribution is 5.84. The number of ether oxygens (including phenoxy) is 1. The topological polar surface area (TPSA) is 114 Å². The Kier molecular flexibility index (Phi) is 6.00. The quantitative estimate of drug-likeness (QED) is 0.489. The van der Waals surface area contributed by atoms with Gasteiger partial charge in [-0.05, 0) is 53.9 Å². The van der Waals surface area contributed by atoms with Crippen LogP contribution in [0.3, 0.4) is 0 Å². The first-order chi connectivity index (χ1) is 16.5. The lowest BCUT2D eigenvalue weighted by Gasteiger charge is -2.39. The van der Waals surface area contributed by atoms with Gasteiger partial charge in [0.1, 0.15) is 6.61 Å². The van der Waals surface area contributed by atoms with Crippen LogP contribution in [0.25, 0.3) is 11.1 Å². The number of carbonyl (C=O) groups is 3. The smallest absolute Gasteiger partial charge is 0.407 e. The molecule has 5 rings (SSSR count). The fourth-order valence-electron chi connectivity index (χ4n) is 4.95. The van der Waals surface area contributed by atoms with Crippen LogP contribution in [0.4, 0.5) is 4.79 Å². The van der Waals surface area contributed by atoms with E-state index in [9.17, 15) is 19.5 Å². The molecule has 0 saturated heterocycles. The average Bonchev–Trinajstić information content (AvgIpc) is 3.59. The van der Waals surface area contributed by atoms with Gasteiger partial charge in [-0.25, -0.2) is 15.1 Å². The van der Waals surface area contributed by atoms with Crippen LogP contribution in [0.5, 0.6) is 0 Å². The zero-order chi connectivity index (χ0) is 23.7. The Morgan fingerprint density at radius 2 is 1.62 bits per heavy atom. The summed E-state index contributed by atoms with van der Waals surface area (Å²) >= 11 is 0. The van der Waals surface area contributed by atoms with Gasteiger partial charge in [0.2, 0.25) is 0 Å². The van der Waals surface area contributed by atoms with Crippen LogP contribution in [0.1, 0.15) is 49.1 Å². The van der Waals surface area contributed by atoms with Gasteiger partial charge in [-0.2, -0.15) is 0 Å². The minimum absolute atomic E-state index is 0.0390. The van der Waals surface area contributed by atoms with Gasteiger partial charge in [0.05, 0.1) is 5.41 Å². The number of alkyl carbamates (subject to hydrolysis) is 1. The molecule has 2 amide bonds. The van der Waals surface area contributed by atoms with Gasteiger partial charge >= 0.3 is 12.1 Å². The molecule has 0 aliphatic heterocycles. The Morgan fingerprint density at radius 1 is 1.00 bits per heavy atom. The largest absolute Gasteiger partial charge is 0.479 e. The summed E-state index contributed by atoms with van der Waals surface area (Å²) < 4.78 is 5.56.